The standard InChI is InChI=1S/C19H38BN2O5PSi/c1-13(2)22(14(3)4)28(24-12-11-21-8)26-18-15(23)16(17(20)25-18)27-29(9,10)19(5,6)7/h13-18,23H,11-12H2,1-7,9-10H3/t15?,16-,17+,18+,28?/m0/s1/i23D. The third kappa shape index (κ3) is 7.26. The Labute approximate surface area is 182 Å². The number of aliphatic hydroxyl groups excluding tert-OH is 1. The van der Waals surface area contributed by atoms with Crippen molar-refractivity contribution in [1.82, 2.24) is 4.67 Å². The Hall–Kier alpha value is -0.0382. The maximum atomic E-state index is 7.64. The fourth-order valence-electron chi connectivity index (χ4n) is 2.77. The summed E-state index contributed by atoms with van der Waals surface area (Å²) in [6, 6.07) is -0.478. The SMILES string of the molecule is [2H]OC1[C@@H](OP(OCC[N+]#[C-])N(C(C)C)C(C)C)O[C@@H]([B])[C@H]1O[Si](C)(C)C(C)(C)C. The molecule has 166 valence electrons. The number of hydrogen-bond acceptors (Lipinski definition) is 6. The molecule has 1 saturated heterocycles. The summed E-state index contributed by atoms with van der Waals surface area (Å²) in [5.41, 5.74) is 0. The fourth-order valence-corrected chi connectivity index (χ4v) is 5.71. The van der Waals surface area contributed by atoms with E-state index in [1.807, 2.05) is 0 Å². The van der Waals surface area contributed by atoms with E-state index in [9.17, 15) is 0 Å². The molecule has 0 spiro atoms. The predicted molar refractivity (Wildman–Crippen MR) is 120 cm³/mol. The van der Waals surface area contributed by atoms with E-state index in [-0.39, 0.29) is 30.3 Å². The molecule has 0 aromatic heterocycles. The molecule has 0 aromatic carbocycles. The maximum Gasteiger partial charge on any atom is 0.261 e. The lowest BCUT2D eigenvalue weighted by atomic mass is 9.94. The van der Waals surface area contributed by atoms with Gasteiger partial charge in [-0.15, -0.1) is 0 Å². The van der Waals surface area contributed by atoms with E-state index in [0.29, 0.717) is 0 Å². The van der Waals surface area contributed by atoms with Gasteiger partial charge in [-0.1, -0.05) is 20.8 Å². The van der Waals surface area contributed by atoms with Crippen molar-refractivity contribution in [2.75, 3.05) is 13.2 Å². The lowest BCUT2D eigenvalue weighted by Crippen LogP contribution is -2.49. The van der Waals surface area contributed by atoms with E-state index in [2.05, 4.69) is 71.1 Å². The van der Waals surface area contributed by atoms with E-state index >= 15 is 0 Å². The topological polar surface area (TPSA) is 64.8 Å². The van der Waals surface area contributed by atoms with Crippen LogP contribution in [-0.4, -0.2) is 77.1 Å². The van der Waals surface area contributed by atoms with Crippen LogP contribution in [0.2, 0.25) is 18.1 Å². The van der Waals surface area contributed by atoms with Crippen LogP contribution in [0.1, 0.15) is 48.5 Å². The Morgan fingerprint density at radius 3 is 2.34 bits per heavy atom. The summed E-state index contributed by atoms with van der Waals surface area (Å²) < 4.78 is 34.1. The van der Waals surface area contributed by atoms with Crippen LogP contribution in [0.5, 0.6) is 0 Å². The summed E-state index contributed by atoms with van der Waals surface area (Å²) in [6.45, 7) is 26.4. The van der Waals surface area contributed by atoms with Crippen molar-refractivity contribution in [3.8, 4) is 0 Å². The number of hydrogen-bond donors (Lipinski definition) is 1. The molecule has 0 aromatic rings. The lowest BCUT2D eigenvalue weighted by Gasteiger charge is -2.40. The highest BCUT2D eigenvalue weighted by atomic mass is 31.2. The molecular formula is C19H38BN2O5PSi. The van der Waals surface area contributed by atoms with Crippen molar-refractivity contribution < 1.29 is 23.3 Å². The van der Waals surface area contributed by atoms with Crippen molar-refractivity contribution in [3.05, 3.63) is 11.4 Å². The summed E-state index contributed by atoms with van der Waals surface area (Å²) >= 11 is 0. The molecule has 10 heteroatoms. The van der Waals surface area contributed by atoms with Gasteiger partial charge in [0.05, 0.1) is 6.10 Å². The van der Waals surface area contributed by atoms with Gasteiger partial charge >= 0.3 is 0 Å². The van der Waals surface area contributed by atoms with Crippen LogP contribution < -0.4 is 0 Å². The molecule has 1 heterocycles. The van der Waals surface area contributed by atoms with Crippen molar-refractivity contribution in [2.45, 2.75) is 103 Å². The van der Waals surface area contributed by atoms with Crippen molar-refractivity contribution in [2.24, 2.45) is 0 Å². The Balaban J connectivity index is 3.05. The smallest absolute Gasteiger partial charge is 0.261 e. The predicted octanol–water partition coefficient (Wildman–Crippen LogP) is 3.89. The van der Waals surface area contributed by atoms with Crippen molar-refractivity contribution in [1.29, 1.82) is 1.43 Å². The fraction of sp³-hybridized carbons (Fsp3) is 0.947. The lowest BCUT2D eigenvalue weighted by molar-refractivity contribution is -0.104. The zero-order chi connectivity index (χ0) is 23.3. The molecule has 1 aliphatic heterocycles. The van der Waals surface area contributed by atoms with Crippen LogP contribution in [0.15, 0.2) is 0 Å². The van der Waals surface area contributed by atoms with Crippen LogP contribution in [0.25, 0.3) is 4.85 Å². The molecular weight excluding hydrogens is 406 g/mol. The summed E-state index contributed by atoms with van der Waals surface area (Å²) in [7, 11) is 2.50. The van der Waals surface area contributed by atoms with Gasteiger partial charge in [-0.05, 0) is 45.8 Å². The summed E-state index contributed by atoms with van der Waals surface area (Å²) in [6.07, 6.45) is -2.31. The Kier molecular flexibility index (Phi) is 9.58. The van der Waals surface area contributed by atoms with Crippen LogP contribution in [0, 0.1) is 6.57 Å². The van der Waals surface area contributed by atoms with E-state index < -0.39 is 41.3 Å². The third-order valence-electron chi connectivity index (χ3n) is 5.29. The third-order valence-corrected chi connectivity index (χ3v) is 11.9. The molecule has 2 radical (unpaired) electrons. The number of aliphatic hydroxyl groups is 1. The van der Waals surface area contributed by atoms with Gasteiger partial charge in [0.2, 0.25) is 7.98 Å². The molecule has 1 N–H and O–H groups in total. The highest BCUT2D eigenvalue weighted by Gasteiger charge is 2.49. The minimum absolute atomic E-state index is 0.0280. The number of ether oxygens (including phenoxy) is 1. The Morgan fingerprint density at radius 2 is 1.90 bits per heavy atom. The van der Waals surface area contributed by atoms with Gasteiger partial charge in [0.1, 0.15) is 20.6 Å². The summed E-state index contributed by atoms with van der Waals surface area (Å²) in [5, 5.41) is 4.97. The first-order valence-corrected chi connectivity index (χ1v) is 14.2. The molecule has 0 aliphatic carbocycles. The first-order chi connectivity index (χ1) is 13.8. The second-order valence-electron chi connectivity index (χ2n) is 9.40. The van der Waals surface area contributed by atoms with Gasteiger partial charge < -0.3 is 23.6 Å². The van der Waals surface area contributed by atoms with Gasteiger partial charge in [-0.2, -0.15) is 0 Å². The molecule has 5 atom stereocenters. The van der Waals surface area contributed by atoms with Crippen LogP contribution in [-0.2, 0) is 18.2 Å². The van der Waals surface area contributed by atoms with E-state index in [1.165, 1.54) is 0 Å². The highest BCUT2D eigenvalue weighted by molar-refractivity contribution is 7.44. The Bertz CT molecular complexity index is 568. The maximum absolute atomic E-state index is 7.64. The minimum atomic E-state index is -2.17. The van der Waals surface area contributed by atoms with Crippen LogP contribution >= 0.6 is 8.53 Å². The van der Waals surface area contributed by atoms with Gasteiger partial charge in [0, 0.05) is 18.1 Å². The first-order valence-electron chi connectivity index (χ1n) is 10.6. The first kappa shape index (κ1) is 25.2. The quantitative estimate of drug-likeness (QED) is 0.225. The number of rotatable bonds is 11. The Morgan fingerprint density at radius 1 is 1.31 bits per heavy atom. The van der Waals surface area contributed by atoms with Crippen LogP contribution in [0.3, 0.4) is 0 Å². The molecule has 1 fully saturated rings. The van der Waals surface area contributed by atoms with Gasteiger partial charge in [-0.3, -0.25) is 4.52 Å². The zero-order valence-corrected chi connectivity index (χ0v) is 21.2. The second-order valence-corrected chi connectivity index (χ2v) is 15.6. The average molecular weight is 445 g/mol. The normalized spacial score (nSPS) is 27.5. The molecule has 2 unspecified atom stereocenters. The van der Waals surface area contributed by atoms with E-state index in [1.54, 1.807) is 0 Å². The zero-order valence-electron chi connectivity index (χ0n) is 20.3. The minimum Gasteiger partial charge on any atom is -0.409 e. The molecule has 29 heavy (non-hydrogen) atoms. The van der Waals surface area contributed by atoms with Gasteiger partial charge in [0.25, 0.3) is 8.53 Å². The molecule has 0 bridgehead atoms. The van der Waals surface area contributed by atoms with E-state index in [0.717, 1.165) is 0 Å². The summed E-state index contributed by atoms with van der Waals surface area (Å²) in [4.78, 5) is 3.35. The monoisotopic (exact) mass is 445 g/mol. The molecule has 7 nitrogen and oxygen atoms in total. The molecule has 0 amide bonds. The van der Waals surface area contributed by atoms with Gasteiger partial charge in [0.15, 0.2) is 14.6 Å². The number of nitrogens with zero attached hydrogens (tertiary/aromatic N) is 2. The highest BCUT2D eigenvalue weighted by Crippen LogP contribution is 2.49. The molecule has 1 aliphatic rings. The molecule has 1 rings (SSSR count). The average Bonchev–Trinajstić information content (AvgIpc) is 2.87. The van der Waals surface area contributed by atoms with Gasteiger partial charge in [-0.25, -0.2) is 11.2 Å². The molecule has 0 saturated carbocycles. The summed E-state index contributed by atoms with van der Waals surface area (Å²) in [5.74, 6) is 0. The van der Waals surface area contributed by atoms with E-state index in [4.69, 9.17) is 39.2 Å². The second kappa shape index (κ2) is 11.0. The van der Waals surface area contributed by atoms with Crippen molar-refractivity contribution >= 4 is 24.7 Å². The van der Waals surface area contributed by atoms with Crippen molar-refractivity contribution in [3.63, 3.8) is 0 Å². The van der Waals surface area contributed by atoms with Crippen LogP contribution in [0.4, 0.5) is 0 Å². The largest absolute Gasteiger partial charge is 0.409 e.